The molecule has 2 heterocycles. The highest BCUT2D eigenvalue weighted by Gasteiger charge is 2.27. The highest BCUT2D eigenvalue weighted by Crippen LogP contribution is 2.32. The summed E-state index contributed by atoms with van der Waals surface area (Å²) < 4.78 is 5.05. The zero-order valence-electron chi connectivity index (χ0n) is 11.5. The van der Waals surface area contributed by atoms with Gasteiger partial charge in [-0.05, 0) is 25.2 Å². The van der Waals surface area contributed by atoms with Gasteiger partial charge in [-0.1, -0.05) is 0 Å². The number of rotatable bonds is 5. The van der Waals surface area contributed by atoms with Gasteiger partial charge in [0.05, 0.1) is 12.0 Å². The summed E-state index contributed by atoms with van der Waals surface area (Å²) in [6.45, 7) is 1.57. The Morgan fingerprint density at radius 2 is 2.40 bits per heavy atom. The topological polar surface area (TPSA) is 88.7 Å². The standard InChI is InChI=1S/C13H19N3O4/c1-20-12-5-4-11(16(18)19)13(14-12)15-7-2-3-10(9-15)6-8-17/h4-5,10,17H,2-3,6-9H2,1H3. The minimum atomic E-state index is -0.419. The van der Waals surface area contributed by atoms with Crippen molar-refractivity contribution in [3.05, 3.63) is 22.2 Å². The number of nitrogens with zero attached hydrogens (tertiary/aromatic N) is 3. The number of anilines is 1. The molecule has 0 aliphatic carbocycles. The van der Waals surface area contributed by atoms with Crippen LogP contribution >= 0.6 is 0 Å². The summed E-state index contributed by atoms with van der Waals surface area (Å²) in [6.07, 6.45) is 2.70. The molecule has 1 aromatic heterocycles. The molecule has 0 radical (unpaired) electrons. The van der Waals surface area contributed by atoms with E-state index < -0.39 is 4.92 Å². The number of aliphatic hydroxyl groups excluding tert-OH is 1. The number of ether oxygens (including phenoxy) is 1. The van der Waals surface area contributed by atoms with Gasteiger partial charge in [0.15, 0.2) is 0 Å². The fourth-order valence-corrected chi connectivity index (χ4v) is 2.59. The van der Waals surface area contributed by atoms with Crippen molar-refractivity contribution in [3.63, 3.8) is 0 Å². The van der Waals surface area contributed by atoms with Crippen LogP contribution in [0.1, 0.15) is 19.3 Å². The minimum Gasteiger partial charge on any atom is -0.481 e. The lowest BCUT2D eigenvalue weighted by Gasteiger charge is -2.33. The van der Waals surface area contributed by atoms with E-state index in [2.05, 4.69) is 4.98 Å². The molecule has 1 aliphatic heterocycles. The van der Waals surface area contributed by atoms with Crippen LogP contribution in [0.4, 0.5) is 11.5 Å². The average molecular weight is 281 g/mol. The van der Waals surface area contributed by atoms with E-state index in [0.29, 0.717) is 30.6 Å². The molecule has 7 nitrogen and oxygen atoms in total. The van der Waals surface area contributed by atoms with Gasteiger partial charge in [0.25, 0.3) is 0 Å². The minimum absolute atomic E-state index is 0.00421. The van der Waals surface area contributed by atoms with E-state index in [-0.39, 0.29) is 12.3 Å². The molecule has 0 spiro atoms. The molecular formula is C13H19N3O4. The Balaban J connectivity index is 2.27. The Morgan fingerprint density at radius 3 is 3.05 bits per heavy atom. The van der Waals surface area contributed by atoms with Crippen molar-refractivity contribution in [2.75, 3.05) is 31.7 Å². The van der Waals surface area contributed by atoms with Crippen LogP contribution in [0.2, 0.25) is 0 Å². The molecule has 0 aromatic carbocycles. The van der Waals surface area contributed by atoms with Gasteiger partial charge in [-0.2, -0.15) is 4.98 Å². The SMILES string of the molecule is COc1ccc([N+](=O)[O-])c(N2CCCC(CCO)C2)n1. The van der Waals surface area contributed by atoms with Crippen molar-refractivity contribution in [3.8, 4) is 5.88 Å². The maximum atomic E-state index is 11.1. The van der Waals surface area contributed by atoms with E-state index in [1.807, 2.05) is 4.90 Å². The molecule has 1 N–H and O–H groups in total. The second-order valence-corrected chi connectivity index (χ2v) is 4.92. The van der Waals surface area contributed by atoms with E-state index >= 15 is 0 Å². The third-order valence-electron chi connectivity index (χ3n) is 3.59. The van der Waals surface area contributed by atoms with Crippen LogP contribution in [0.3, 0.4) is 0 Å². The van der Waals surface area contributed by atoms with Crippen molar-refractivity contribution in [1.82, 2.24) is 4.98 Å². The quantitative estimate of drug-likeness (QED) is 0.651. The molecule has 20 heavy (non-hydrogen) atoms. The second-order valence-electron chi connectivity index (χ2n) is 4.92. The van der Waals surface area contributed by atoms with Gasteiger partial charge in [0.1, 0.15) is 0 Å². The highest BCUT2D eigenvalue weighted by atomic mass is 16.6. The van der Waals surface area contributed by atoms with Crippen LogP contribution in [0.25, 0.3) is 0 Å². The summed E-state index contributed by atoms with van der Waals surface area (Å²) >= 11 is 0. The van der Waals surface area contributed by atoms with Gasteiger partial charge in [0, 0.05) is 31.8 Å². The average Bonchev–Trinajstić information content (AvgIpc) is 2.47. The summed E-state index contributed by atoms with van der Waals surface area (Å²) in [7, 11) is 1.49. The molecule has 1 unspecified atom stereocenters. The van der Waals surface area contributed by atoms with Crippen LogP contribution in [0.15, 0.2) is 12.1 Å². The van der Waals surface area contributed by atoms with Crippen LogP contribution in [0, 0.1) is 16.0 Å². The van der Waals surface area contributed by atoms with Crippen LogP contribution < -0.4 is 9.64 Å². The van der Waals surface area contributed by atoms with Crippen molar-refractivity contribution in [2.45, 2.75) is 19.3 Å². The van der Waals surface area contributed by atoms with Gasteiger partial charge < -0.3 is 14.7 Å². The maximum absolute atomic E-state index is 11.1. The molecule has 1 fully saturated rings. The van der Waals surface area contributed by atoms with Gasteiger partial charge >= 0.3 is 5.69 Å². The summed E-state index contributed by atoms with van der Waals surface area (Å²) in [4.78, 5) is 16.9. The molecule has 110 valence electrons. The first-order valence-corrected chi connectivity index (χ1v) is 6.71. The van der Waals surface area contributed by atoms with Gasteiger partial charge in [-0.25, -0.2) is 0 Å². The molecule has 0 saturated carbocycles. The molecule has 0 bridgehead atoms. The smallest absolute Gasteiger partial charge is 0.311 e. The maximum Gasteiger partial charge on any atom is 0.311 e. The molecular weight excluding hydrogens is 262 g/mol. The molecule has 1 aliphatic rings. The monoisotopic (exact) mass is 281 g/mol. The van der Waals surface area contributed by atoms with E-state index in [9.17, 15) is 10.1 Å². The van der Waals surface area contributed by atoms with E-state index in [0.717, 1.165) is 19.4 Å². The highest BCUT2D eigenvalue weighted by molar-refractivity contribution is 5.59. The van der Waals surface area contributed by atoms with Crippen molar-refractivity contribution >= 4 is 11.5 Å². The number of nitro groups is 1. The Bertz CT molecular complexity index is 479. The fraction of sp³-hybridized carbons (Fsp3) is 0.615. The molecule has 1 aromatic rings. The van der Waals surface area contributed by atoms with Crippen molar-refractivity contribution < 1.29 is 14.8 Å². The van der Waals surface area contributed by atoms with E-state index in [4.69, 9.17) is 9.84 Å². The Kier molecular flexibility index (Phi) is 4.73. The first kappa shape index (κ1) is 14.5. The van der Waals surface area contributed by atoms with E-state index in [1.54, 1.807) is 0 Å². The lowest BCUT2D eigenvalue weighted by atomic mass is 9.95. The van der Waals surface area contributed by atoms with E-state index in [1.165, 1.54) is 19.2 Å². The number of hydrogen-bond donors (Lipinski definition) is 1. The summed E-state index contributed by atoms with van der Waals surface area (Å²) in [5.41, 5.74) is -0.00421. The molecule has 7 heteroatoms. The zero-order valence-corrected chi connectivity index (χ0v) is 11.5. The van der Waals surface area contributed by atoms with Gasteiger partial charge in [0.2, 0.25) is 11.7 Å². The summed E-state index contributed by atoms with van der Waals surface area (Å²) in [5, 5.41) is 20.2. The fourth-order valence-electron chi connectivity index (χ4n) is 2.59. The Labute approximate surface area is 117 Å². The van der Waals surface area contributed by atoms with Crippen LogP contribution in [-0.2, 0) is 0 Å². The lowest BCUT2D eigenvalue weighted by molar-refractivity contribution is -0.384. The normalized spacial score (nSPS) is 18.9. The lowest BCUT2D eigenvalue weighted by Crippen LogP contribution is -2.36. The Morgan fingerprint density at radius 1 is 1.60 bits per heavy atom. The van der Waals surface area contributed by atoms with Gasteiger partial charge in [-0.15, -0.1) is 0 Å². The summed E-state index contributed by atoms with van der Waals surface area (Å²) in [6, 6.07) is 2.92. The third-order valence-corrected chi connectivity index (χ3v) is 3.59. The first-order valence-electron chi connectivity index (χ1n) is 6.71. The number of aliphatic hydroxyl groups is 1. The zero-order chi connectivity index (χ0) is 14.5. The Hall–Kier alpha value is -1.89. The number of aromatic nitrogens is 1. The number of piperidine rings is 1. The van der Waals surface area contributed by atoms with Crippen LogP contribution in [-0.4, -0.2) is 41.8 Å². The van der Waals surface area contributed by atoms with Crippen LogP contribution in [0.5, 0.6) is 5.88 Å². The second kappa shape index (κ2) is 6.51. The predicted octanol–water partition coefficient (Wildman–Crippen LogP) is 1.60. The summed E-state index contributed by atoms with van der Waals surface area (Å²) in [5.74, 6) is 1.08. The molecule has 0 amide bonds. The van der Waals surface area contributed by atoms with Gasteiger partial charge in [-0.3, -0.25) is 10.1 Å². The third kappa shape index (κ3) is 3.16. The number of methoxy groups -OCH3 is 1. The number of hydrogen-bond acceptors (Lipinski definition) is 6. The predicted molar refractivity (Wildman–Crippen MR) is 74.1 cm³/mol. The first-order chi connectivity index (χ1) is 9.65. The molecule has 1 saturated heterocycles. The molecule has 2 rings (SSSR count). The number of pyridine rings is 1. The van der Waals surface area contributed by atoms with Crippen molar-refractivity contribution in [1.29, 1.82) is 0 Å². The largest absolute Gasteiger partial charge is 0.481 e. The molecule has 1 atom stereocenters. The van der Waals surface area contributed by atoms with Crippen molar-refractivity contribution in [2.24, 2.45) is 5.92 Å².